The molecule has 0 fully saturated rings. The highest BCUT2D eigenvalue weighted by Gasteiger charge is 2.09. The van der Waals surface area contributed by atoms with E-state index in [0.717, 1.165) is 0 Å². The van der Waals surface area contributed by atoms with E-state index in [4.69, 9.17) is 23.2 Å². The van der Waals surface area contributed by atoms with Crippen LogP contribution in [0.2, 0.25) is 10.0 Å². The number of halogens is 3. The summed E-state index contributed by atoms with van der Waals surface area (Å²) < 4.78 is 12.8. The zero-order chi connectivity index (χ0) is 17.5. The van der Waals surface area contributed by atoms with E-state index < -0.39 is 24.1 Å². The van der Waals surface area contributed by atoms with Gasteiger partial charge in [0.15, 0.2) is 0 Å². The van der Waals surface area contributed by atoms with Crippen molar-refractivity contribution in [1.29, 1.82) is 0 Å². The summed E-state index contributed by atoms with van der Waals surface area (Å²) in [6.07, 6.45) is 0.914. The zero-order valence-electron chi connectivity index (χ0n) is 12.2. The Balaban J connectivity index is 1.83. The van der Waals surface area contributed by atoms with E-state index in [1.807, 2.05) is 0 Å². The van der Waals surface area contributed by atoms with Gasteiger partial charge in [0.1, 0.15) is 12.2 Å². The minimum atomic E-state index is -0.601. The van der Waals surface area contributed by atoms with E-state index in [0.29, 0.717) is 21.3 Å². The van der Waals surface area contributed by atoms with Crippen molar-refractivity contribution in [3.05, 3.63) is 63.9 Å². The number of nitrogens with zero attached hydrogens (tertiary/aromatic N) is 1. The molecule has 0 aliphatic rings. The summed E-state index contributed by atoms with van der Waals surface area (Å²) in [6, 6.07) is 10.0. The molecule has 0 spiro atoms. The molecular weight excluding hydrogens is 356 g/mol. The lowest BCUT2D eigenvalue weighted by atomic mass is 10.2. The Morgan fingerprint density at radius 1 is 1.08 bits per heavy atom. The first kappa shape index (κ1) is 17.9. The number of benzene rings is 2. The summed E-state index contributed by atoms with van der Waals surface area (Å²) in [4.78, 5) is 23.3. The summed E-state index contributed by atoms with van der Waals surface area (Å²) in [5.74, 6) is -1.56. The van der Waals surface area contributed by atoms with Crippen LogP contribution in [-0.4, -0.2) is 18.0 Å². The van der Waals surface area contributed by atoms with Crippen LogP contribution in [0.15, 0.2) is 47.6 Å². The van der Waals surface area contributed by atoms with E-state index in [9.17, 15) is 14.0 Å². The molecule has 2 aromatic carbocycles. The third kappa shape index (κ3) is 5.64. The maximum atomic E-state index is 12.8. The Morgan fingerprint density at radius 2 is 1.79 bits per heavy atom. The molecule has 24 heavy (non-hydrogen) atoms. The third-order valence-electron chi connectivity index (χ3n) is 2.80. The molecule has 2 amide bonds. The normalized spacial score (nSPS) is 10.6. The summed E-state index contributed by atoms with van der Waals surface area (Å²) in [7, 11) is 0. The number of hydrogen-bond donors (Lipinski definition) is 2. The molecule has 2 rings (SSSR count). The Kier molecular flexibility index (Phi) is 6.28. The molecule has 5 nitrogen and oxygen atoms in total. The number of nitrogens with one attached hydrogen (secondary N) is 2. The van der Waals surface area contributed by atoms with E-state index >= 15 is 0 Å². The maximum absolute atomic E-state index is 12.8. The molecule has 0 atom stereocenters. The fourth-order valence-corrected chi connectivity index (χ4v) is 2.16. The van der Waals surface area contributed by atoms with Gasteiger partial charge < -0.3 is 5.32 Å². The molecule has 0 radical (unpaired) electrons. The van der Waals surface area contributed by atoms with Crippen LogP contribution in [0.25, 0.3) is 0 Å². The van der Waals surface area contributed by atoms with Gasteiger partial charge in [0.05, 0.1) is 11.2 Å². The van der Waals surface area contributed by atoms with E-state index in [2.05, 4.69) is 15.8 Å². The second kappa shape index (κ2) is 8.42. The Morgan fingerprint density at radius 3 is 2.46 bits per heavy atom. The lowest BCUT2D eigenvalue weighted by molar-refractivity contribution is -0.126. The number of hydrazone groups is 1. The van der Waals surface area contributed by atoms with Crippen LogP contribution in [0.3, 0.4) is 0 Å². The van der Waals surface area contributed by atoms with Crippen LogP contribution >= 0.6 is 23.2 Å². The number of hydrogen-bond acceptors (Lipinski definition) is 3. The quantitative estimate of drug-likeness (QED) is 0.481. The minimum absolute atomic E-state index is 0.384. The van der Waals surface area contributed by atoms with Gasteiger partial charge >= 0.3 is 0 Å². The van der Waals surface area contributed by atoms with Crippen molar-refractivity contribution in [3.63, 3.8) is 0 Å². The van der Waals surface area contributed by atoms with Crippen LogP contribution in [0.4, 0.5) is 10.1 Å². The smallest absolute Gasteiger partial charge is 0.249 e. The highest BCUT2D eigenvalue weighted by atomic mass is 35.5. The van der Waals surface area contributed by atoms with Crippen molar-refractivity contribution in [3.8, 4) is 0 Å². The van der Waals surface area contributed by atoms with E-state index in [1.165, 1.54) is 30.5 Å². The summed E-state index contributed by atoms with van der Waals surface area (Å²) in [5, 5.41) is 7.06. The molecule has 0 aliphatic heterocycles. The largest absolute Gasteiger partial charge is 0.326 e. The topological polar surface area (TPSA) is 70.6 Å². The van der Waals surface area contributed by atoms with Crippen molar-refractivity contribution in [2.24, 2.45) is 5.10 Å². The van der Waals surface area contributed by atoms with Gasteiger partial charge in [-0.3, -0.25) is 9.59 Å². The second-order valence-corrected chi connectivity index (χ2v) is 5.53. The third-order valence-corrected chi connectivity index (χ3v) is 3.37. The Hall–Kier alpha value is -2.44. The zero-order valence-corrected chi connectivity index (χ0v) is 13.7. The number of carbonyl (C=O) groups is 2. The van der Waals surface area contributed by atoms with Crippen LogP contribution in [-0.2, 0) is 9.59 Å². The highest BCUT2D eigenvalue weighted by Crippen LogP contribution is 2.19. The van der Waals surface area contributed by atoms with Gasteiger partial charge in [0.2, 0.25) is 11.8 Å². The number of rotatable bonds is 5. The molecule has 0 unspecified atom stereocenters. The minimum Gasteiger partial charge on any atom is -0.326 e. The van der Waals surface area contributed by atoms with Gasteiger partial charge in [-0.15, -0.1) is 0 Å². The van der Waals surface area contributed by atoms with Crippen molar-refractivity contribution < 1.29 is 14.0 Å². The highest BCUT2D eigenvalue weighted by molar-refractivity contribution is 6.36. The van der Waals surface area contributed by atoms with Crippen LogP contribution in [0.5, 0.6) is 0 Å². The van der Waals surface area contributed by atoms with Gasteiger partial charge in [-0.05, 0) is 36.4 Å². The fraction of sp³-hybridized carbons (Fsp3) is 0.0625. The Labute approximate surface area is 147 Å². The van der Waals surface area contributed by atoms with Gasteiger partial charge in [-0.2, -0.15) is 5.10 Å². The second-order valence-electron chi connectivity index (χ2n) is 4.69. The molecule has 0 bridgehead atoms. The first-order valence-electron chi connectivity index (χ1n) is 6.76. The first-order chi connectivity index (χ1) is 11.4. The standard InChI is InChI=1S/C16H12Cl2FN3O2/c17-11-2-1-10(14(18)7-11)9-20-22-16(24)8-15(23)21-13-5-3-12(19)4-6-13/h1-7,9H,8H2,(H,21,23)(H,22,24). The van der Waals surface area contributed by atoms with E-state index in [1.54, 1.807) is 18.2 Å². The predicted molar refractivity (Wildman–Crippen MR) is 91.8 cm³/mol. The molecule has 0 heterocycles. The van der Waals surface area contributed by atoms with Crippen molar-refractivity contribution in [1.82, 2.24) is 5.43 Å². The molecule has 2 aromatic rings. The van der Waals surface area contributed by atoms with Crippen LogP contribution < -0.4 is 10.7 Å². The molecule has 124 valence electrons. The van der Waals surface area contributed by atoms with Gasteiger partial charge in [0, 0.05) is 16.3 Å². The molecule has 0 aliphatic carbocycles. The summed E-state index contributed by atoms with van der Waals surface area (Å²) >= 11 is 11.7. The molecule has 0 saturated carbocycles. The van der Waals surface area contributed by atoms with E-state index in [-0.39, 0.29) is 0 Å². The number of carbonyl (C=O) groups excluding carboxylic acids is 2. The lowest BCUT2D eigenvalue weighted by Crippen LogP contribution is -2.24. The van der Waals surface area contributed by atoms with Crippen molar-refractivity contribution in [2.75, 3.05) is 5.32 Å². The summed E-state index contributed by atoms with van der Waals surface area (Å²) in [6.45, 7) is 0. The molecular formula is C16H12Cl2FN3O2. The Bertz CT molecular complexity index is 779. The van der Waals surface area contributed by atoms with Gasteiger partial charge in [-0.25, -0.2) is 9.82 Å². The first-order valence-corrected chi connectivity index (χ1v) is 7.52. The number of amides is 2. The SMILES string of the molecule is O=C(CC(=O)Nc1ccc(F)cc1)NN=Cc1ccc(Cl)cc1Cl. The van der Waals surface area contributed by atoms with Gasteiger partial charge in [-0.1, -0.05) is 29.3 Å². The monoisotopic (exact) mass is 367 g/mol. The average Bonchev–Trinajstić information content (AvgIpc) is 2.51. The van der Waals surface area contributed by atoms with Crippen LogP contribution in [0.1, 0.15) is 12.0 Å². The predicted octanol–water partition coefficient (Wildman–Crippen LogP) is 3.61. The molecule has 0 aromatic heterocycles. The molecule has 2 N–H and O–H groups in total. The van der Waals surface area contributed by atoms with Crippen molar-refractivity contribution in [2.45, 2.75) is 6.42 Å². The lowest BCUT2D eigenvalue weighted by Gasteiger charge is -2.04. The summed E-state index contributed by atoms with van der Waals surface area (Å²) in [5.41, 5.74) is 3.18. The molecule has 0 saturated heterocycles. The van der Waals surface area contributed by atoms with Gasteiger partial charge in [0.25, 0.3) is 0 Å². The van der Waals surface area contributed by atoms with Crippen LogP contribution in [0, 0.1) is 5.82 Å². The van der Waals surface area contributed by atoms with Crippen molar-refractivity contribution >= 4 is 46.9 Å². The number of anilines is 1. The fourth-order valence-electron chi connectivity index (χ4n) is 1.70. The average molecular weight is 368 g/mol. The maximum Gasteiger partial charge on any atom is 0.249 e. The molecule has 8 heteroatoms.